The molecule has 37 heavy (non-hydrogen) atoms. The van der Waals surface area contributed by atoms with Crippen LogP contribution in [0.4, 0.5) is 18.9 Å². The molecule has 1 N–H and O–H groups in total. The van der Waals surface area contributed by atoms with Crippen LogP contribution in [-0.4, -0.2) is 47.6 Å². The maximum Gasteiger partial charge on any atom is 0.419 e. The lowest BCUT2D eigenvalue weighted by molar-refractivity contribution is -0.138. The Morgan fingerprint density at radius 2 is 1.92 bits per heavy atom. The van der Waals surface area contributed by atoms with E-state index in [1.807, 2.05) is 10.8 Å². The van der Waals surface area contributed by atoms with Crippen molar-refractivity contribution in [2.45, 2.75) is 57.3 Å². The van der Waals surface area contributed by atoms with Gasteiger partial charge in [-0.3, -0.25) is 9.59 Å². The smallest absolute Gasteiger partial charge is 0.419 e. The number of hydrogen-bond acceptors (Lipinski definition) is 4. The lowest BCUT2D eigenvalue weighted by Crippen LogP contribution is -2.46. The molecule has 1 fully saturated rings. The molecule has 1 atom stereocenters. The van der Waals surface area contributed by atoms with Crippen LogP contribution in [0.5, 0.6) is 5.75 Å². The number of carbonyl (C=O) groups excluding carboxylic acids is 2. The molecule has 0 bridgehead atoms. The number of carbonyl (C=O) groups is 2. The maximum atomic E-state index is 13.4. The highest BCUT2D eigenvalue weighted by Gasteiger charge is 2.38. The quantitative estimate of drug-likeness (QED) is 0.466. The Hall–Kier alpha value is -3.27. The second-order valence-electron chi connectivity index (χ2n) is 9.55. The molecule has 2 aromatic rings. The molecule has 0 spiro atoms. The number of nitrogens with zero attached hydrogens (tertiary/aromatic N) is 2. The molecule has 0 unspecified atom stereocenters. The van der Waals surface area contributed by atoms with Crippen molar-refractivity contribution < 1.29 is 32.2 Å². The van der Waals surface area contributed by atoms with Crippen LogP contribution in [0.25, 0.3) is 0 Å². The van der Waals surface area contributed by atoms with Crippen molar-refractivity contribution in [3.63, 3.8) is 0 Å². The zero-order valence-corrected chi connectivity index (χ0v) is 20.8. The number of amides is 2. The van der Waals surface area contributed by atoms with Gasteiger partial charge in [0.1, 0.15) is 17.6 Å². The van der Waals surface area contributed by atoms with Crippen LogP contribution in [0.2, 0.25) is 0 Å². The summed E-state index contributed by atoms with van der Waals surface area (Å²) < 4.78 is 52.7. The van der Waals surface area contributed by atoms with Crippen molar-refractivity contribution >= 4 is 17.5 Å². The van der Waals surface area contributed by atoms with Gasteiger partial charge in [-0.1, -0.05) is 44.2 Å². The average Bonchev–Trinajstić information content (AvgIpc) is 3.47. The molecular weight excluding hydrogens is 487 g/mol. The lowest BCUT2D eigenvalue weighted by Gasteiger charge is -2.31. The van der Waals surface area contributed by atoms with E-state index in [1.165, 1.54) is 29.2 Å². The standard InChI is InChI=1S/C27H32F3N3O4/c1-36-14-13-32-12-11-20(17-32)31-26(35)23(15-19-7-3-2-4-8-19)33-18-21(16-25(33)34)37-24-10-6-5-9-22(24)27(28,29)30/h5-6,9-12,16-17,19,23H,2-4,7-8,13-15,18H2,1H3,(H,31,35)/t23-/m0/s1. The third-order valence-electron chi connectivity index (χ3n) is 6.86. The minimum atomic E-state index is -4.59. The number of para-hydroxylation sites is 1. The van der Waals surface area contributed by atoms with Crippen LogP contribution in [0, 0.1) is 5.92 Å². The van der Waals surface area contributed by atoms with E-state index < -0.39 is 23.7 Å². The molecule has 0 radical (unpaired) electrons. The number of halogens is 3. The molecule has 2 aliphatic rings. The summed E-state index contributed by atoms with van der Waals surface area (Å²) in [4.78, 5) is 27.8. The molecule has 1 saturated carbocycles. The topological polar surface area (TPSA) is 72.8 Å². The first-order valence-electron chi connectivity index (χ1n) is 12.6. The molecular formula is C27H32F3N3O4. The number of hydrogen-bond donors (Lipinski definition) is 1. The predicted octanol–water partition coefficient (Wildman–Crippen LogP) is 5.24. The third kappa shape index (κ3) is 6.94. The molecule has 4 rings (SSSR count). The largest absolute Gasteiger partial charge is 0.459 e. The number of benzene rings is 1. The number of anilines is 1. The first-order valence-corrected chi connectivity index (χ1v) is 12.6. The summed E-state index contributed by atoms with van der Waals surface area (Å²) in [7, 11) is 1.61. The Kier molecular flexibility index (Phi) is 8.58. The van der Waals surface area contributed by atoms with Crippen LogP contribution in [0.15, 0.2) is 54.6 Å². The van der Waals surface area contributed by atoms with E-state index in [2.05, 4.69) is 5.32 Å². The third-order valence-corrected chi connectivity index (χ3v) is 6.86. The number of ether oxygens (including phenoxy) is 2. The Labute approximate surface area is 214 Å². The Bertz CT molecular complexity index is 1120. The fourth-order valence-corrected chi connectivity index (χ4v) is 4.96. The van der Waals surface area contributed by atoms with Gasteiger partial charge in [-0.2, -0.15) is 13.2 Å². The summed E-state index contributed by atoms with van der Waals surface area (Å²) in [6.07, 6.45) is 5.97. The second kappa shape index (κ2) is 11.9. The highest BCUT2D eigenvalue weighted by Crippen LogP contribution is 2.37. The minimum absolute atomic E-state index is 0.0777. The van der Waals surface area contributed by atoms with Crippen molar-refractivity contribution in [3.8, 4) is 5.75 Å². The van der Waals surface area contributed by atoms with Crippen molar-refractivity contribution in [2.24, 2.45) is 5.92 Å². The number of aromatic nitrogens is 1. The zero-order chi connectivity index (χ0) is 26.4. The van der Waals surface area contributed by atoms with Gasteiger partial charge < -0.3 is 24.3 Å². The molecule has 1 aliphatic carbocycles. The molecule has 1 aliphatic heterocycles. The summed E-state index contributed by atoms with van der Waals surface area (Å²) in [5, 5.41) is 2.91. The highest BCUT2D eigenvalue weighted by atomic mass is 19.4. The maximum absolute atomic E-state index is 13.4. The monoisotopic (exact) mass is 519 g/mol. The van der Waals surface area contributed by atoms with Gasteiger partial charge in [0.25, 0.3) is 5.91 Å². The number of alkyl halides is 3. The van der Waals surface area contributed by atoms with Crippen molar-refractivity contribution in [2.75, 3.05) is 25.6 Å². The summed E-state index contributed by atoms with van der Waals surface area (Å²) >= 11 is 0. The van der Waals surface area contributed by atoms with Gasteiger partial charge in [0, 0.05) is 32.1 Å². The van der Waals surface area contributed by atoms with Gasteiger partial charge >= 0.3 is 6.18 Å². The predicted molar refractivity (Wildman–Crippen MR) is 132 cm³/mol. The normalized spacial score (nSPS) is 17.6. The fraction of sp³-hybridized carbons (Fsp3) is 0.481. The van der Waals surface area contributed by atoms with Crippen molar-refractivity contribution in [3.05, 3.63) is 60.1 Å². The van der Waals surface area contributed by atoms with E-state index >= 15 is 0 Å². The summed E-state index contributed by atoms with van der Waals surface area (Å²) in [6.45, 7) is 1.08. The van der Waals surface area contributed by atoms with Crippen molar-refractivity contribution in [1.29, 1.82) is 0 Å². The summed E-state index contributed by atoms with van der Waals surface area (Å²) in [5.74, 6) is -0.781. The number of methoxy groups -OCH3 is 1. The van der Waals surface area contributed by atoms with Crippen molar-refractivity contribution in [1.82, 2.24) is 9.47 Å². The molecule has 1 aromatic heterocycles. The highest BCUT2D eigenvalue weighted by molar-refractivity contribution is 6.00. The van der Waals surface area contributed by atoms with Gasteiger partial charge in [0.05, 0.1) is 24.4 Å². The Morgan fingerprint density at radius 1 is 1.16 bits per heavy atom. The molecule has 0 saturated heterocycles. The minimum Gasteiger partial charge on any atom is -0.459 e. The molecule has 10 heteroatoms. The fourth-order valence-electron chi connectivity index (χ4n) is 4.96. The van der Waals surface area contributed by atoms with Gasteiger partial charge in [0.2, 0.25) is 5.91 Å². The van der Waals surface area contributed by atoms with Crippen LogP contribution < -0.4 is 10.1 Å². The SMILES string of the molecule is COCCn1ccc(NC(=O)[C@H](CC2CCCCC2)N2CC(Oc3ccccc3C(F)(F)F)=CC2=O)c1. The summed E-state index contributed by atoms with van der Waals surface area (Å²) in [5.41, 5.74) is -0.318. The summed E-state index contributed by atoms with van der Waals surface area (Å²) in [6, 6.07) is 5.88. The molecule has 1 aromatic carbocycles. The molecule has 7 nitrogen and oxygen atoms in total. The van der Waals surface area contributed by atoms with E-state index in [-0.39, 0.29) is 24.0 Å². The first-order chi connectivity index (χ1) is 17.7. The second-order valence-corrected chi connectivity index (χ2v) is 9.55. The Morgan fingerprint density at radius 3 is 2.65 bits per heavy atom. The average molecular weight is 520 g/mol. The molecule has 2 heterocycles. The first kappa shape index (κ1) is 26.8. The zero-order valence-electron chi connectivity index (χ0n) is 20.8. The van der Waals surface area contributed by atoms with E-state index in [9.17, 15) is 22.8 Å². The van der Waals surface area contributed by atoms with Crippen LogP contribution in [0.3, 0.4) is 0 Å². The molecule has 2 amide bonds. The van der Waals surface area contributed by atoms with Gasteiger partial charge in [-0.15, -0.1) is 0 Å². The lowest BCUT2D eigenvalue weighted by atomic mass is 9.84. The van der Waals surface area contributed by atoms with E-state index in [0.717, 1.165) is 38.2 Å². The molecule has 200 valence electrons. The van der Waals surface area contributed by atoms with Crippen LogP contribution >= 0.6 is 0 Å². The van der Waals surface area contributed by atoms with E-state index in [1.54, 1.807) is 19.4 Å². The van der Waals surface area contributed by atoms with Gasteiger partial charge in [-0.05, 0) is 30.5 Å². The van der Waals surface area contributed by atoms with Crippen LogP contribution in [0.1, 0.15) is 44.1 Å². The van der Waals surface area contributed by atoms with E-state index in [0.29, 0.717) is 31.2 Å². The van der Waals surface area contributed by atoms with Gasteiger partial charge in [0.15, 0.2) is 0 Å². The number of rotatable bonds is 10. The van der Waals surface area contributed by atoms with E-state index in [4.69, 9.17) is 9.47 Å². The Balaban J connectivity index is 1.49. The number of nitrogens with one attached hydrogen (secondary N) is 1. The van der Waals surface area contributed by atoms with Crippen LogP contribution in [-0.2, 0) is 27.0 Å². The van der Waals surface area contributed by atoms with Gasteiger partial charge in [-0.25, -0.2) is 0 Å².